The van der Waals surface area contributed by atoms with Gasteiger partial charge in [-0.2, -0.15) is 0 Å². The largest absolute Gasteiger partial charge is 0.463 e. The maximum absolute atomic E-state index is 12.1. The summed E-state index contributed by atoms with van der Waals surface area (Å²) in [4.78, 5) is 71.7. The molecule has 0 aliphatic carbocycles. The van der Waals surface area contributed by atoms with Gasteiger partial charge in [0.1, 0.15) is 24.9 Å². The molecule has 2 rings (SSSR count). The van der Waals surface area contributed by atoms with E-state index in [9.17, 15) is 28.8 Å². The third-order valence-corrected chi connectivity index (χ3v) is 6.56. The first-order valence-electron chi connectivity index (χ1n) is 12.7. The normalized spacial score (nSPS) is 33.1. The Kier molecular flexibility index (Phi) is 12.9. The van der Waals surface area contributed by atoms with Crippen LogP contribution >= 0.6 is 15.9 Å². The molecule has 4 unspecified atom stereocenters. The van der Waals surface area contributed by atoms with Crippen molar-refractivity contribution in [1.82, 2.24) is 0 Å². The number of carbonyl (C=O) groups excluding carboxylic acids is 6. The lowest BCUT2D eigenvalue weighted by molar-refractivity contribution is -0.338. The van der Waals surface area contributed by atoms with Crippen molar-refractivity contribution in [2.24, 2.45) is 0 Å². The summed E-state index contributed by atoms with van der Waals surface area (Å²) in [6, 6.07) is 0. The van der Waals surface area contributed by atoms with Crippen molar-refractivity contribution >= 4 is 51.7 Å². The minimum Gasteiger partial charge on any atom is -0.463 e. The summed E-state index contributed by atoms with van der Waals surface area (Å²) in [6.07, 6.45) is -11.4. The van der Waals surface area contributed by atoms with Crippen molar-refractivity contribution in [1.29, 1.82) is 0 Å². The fraction of sp³-hybridized carbons (Fsp3) is 0.760. The van der Waals surface area contributed by atoms with Gasteiger partial charge in [0.15, 0.2) is 41.8 Å². The van der Waals surface area contributed by atoms with Crippen LogP contribution in [0.4, 0.5) is 0 Å². The van der Waals surface area contributed by atoms with E-state index in [4.69, 9.17) is 42.6 Å². The fourth-order valence-corrected chi connectivity index (χ4v) is 5.14. The van der Waals surface area contributed by atoms with Gasteiger partial charge in [-0.05, 0) is 6.42 Å². The number of halogens is 1. The molecule has 0 aromatic heterocycles. The molecule has 0 N–H and O–H groups in total. The van der Waals surface area contributed by atoms with Gasteiger partial charge < -0.3 is 42.6 Å². The first-order chi connectivity index (χ1) is 19.1. The van der Waals surface area contributed by atoms with Gasteiger partial charge >= 0.3 is 35.8 Å². The van der Waals surface area contributed by atoms with E-state index in [1.807, 2.05) is 0 Å². The van der Waals surface area contributed by atoms with Gasteiger partial charge in [-0.1, -0.05) is 22.9 Å². The summed E-state index contributed by atoms with van der Waals surface area (Å²) in [5.41, 5.74) is 0. The van der Waals surface area contributed by atoms with Gasteiger partial charge in [0.05, 0.1) is 0 Å². The summed E-state index contributed by atoms with van der Waals surface area (Å²) in [5.74, 6) is -4.44. The van der Waals surface area contributed by atoms with Crippen molar-refractivity contribution < 1.29 is 71.4 Å². The van der Waals surface area contributed by atoms with Crippen LogP contribution in [-0.2, 0) is 71.4 Å². The molecule has 232 valence electrons. The highest BCUT2D eigenvalue weighted by Crippen LogP contribution is 2.36. The molecule has 2 fully saturated rings. The summed E-state index contributed by atoms with van der Waals surface area (Å²) in [6.45, 7) is 8.09. The van der Waals surface area contributed by atoms with Crippen LogP contribution in [0.25, 0.3) is 0 Å². The van der Waals surface area contributed by atoms with Crippen LogP contribution in [0, 0.1) is 0 Å². The standard InChI is InChI=1S/C25H35BrO15/c1-8-16-18(34-11(3)28)21(36-13(5)30)23(38-15(7)32)25(40-16)41-19-17(9-33-10(2)27)39-24(26)22(37-14(6)31)20(19)35-12(4)29/h16-25H,8-9H2,1-7H3/t16?,17?,18-,19-,20+,21+,22?,23?,24+,25-/m1/s1. The van der Waals surface area contributed by atoms with Crippen LogP contribution in [0.2, 0.25) is 0 Å². The van der Waals surface area contributed by atoms with Gasteiger partial charge in [-0.3, -0.25) is 28.8 Å². The molecule has 15 nitrogen and oxygen atoms in total. The summed E-state index contributed by atoms with van der Waals surface area (Å²) < 4.78 is 50.4. The number of ether oxygens (including phenoxy) is 9. The fourth-order valence-electron chi connectivity index (χ4n) is 4.45. The highest BCUT2D eigenvalue weighted by atomic mass is 79.9. The van der Waals surface area contributed by atoms with Crippen molar-refractivity contribution in [3.05, 3.63) is 0 Å². The van der Waals surface area contributed by atoms with Crippen LogP contribution in [0.15, 0.2) is 0 Å². The van der Waals surface area contributed by atoms with Crippen molar-refractivity contribution in [2.75, 3.05) is 6.61 Å². The zero-order valence-corrected chi connectivity index (χ0v) is 25.3. The molecular formula is C25H35BrO15. The van der Waals surface area contributed by atoms with Crippen molar-refractivity contribution in [3.63, 3.8) is 0 Å². The zero-order valence-electron chi connectivity index (χ0n) is 23.7. The maximum Gasteiger partial charge on any atom is 0.303 e. The maximum atomic E-state index is 12.1. The van der Waals surface area contributed by atoms with E-state index in [-0.39, 0.29) is 6.42 Å². The third kappa shape index (κ3) is 9.90. The minimum absolute atomic E-state index is 0.229. The van der Waals surface area contributed by atoms with E-state index in [0.29, 0.717) is 0 Å². The second kappa shape index (κ2) is 15.4. The lowest BCUT2D eigenvalue weighted by atomic mass is 9.95. The van der Waals surface area contributed by atoms with Gasteiger partial charge in [-0.15, -0.1) is 0 Å². The second-order valence-electron chi connectivity index (χ2n) is 9.25. The molecule has 16 heteroatoms. The third-order valence-electron chi connectivity index (χ3n) is 5.82. The number of hydrogen-bond acceptors (Lipinski definition) is 15. The Hall–Kier alpha value is -2.82. The van der Waals surface area contributed by atoms with Gasteiger partial charge in [0, 0.05) is 41.5 Å². The molecule has 0 aromatic rings. The Balaban J connectivity index is 2.60. The molecule has 10 atom stereocenters. The summed E-state index contributed by atoms with van der Waals surface area (Å²) in [7, 11) is 0. The Labute approximate surface area is 244 Å². The van der Waals surface area contributed by atoms with Crippen LogP contribution in [0.3, 0.4) is 0 Å². The highest BCUT2D eigenvalue weighted by Gasteiger charge is 2.56. The molecule has 2 aliphatic rings. The lowest BCUT2D eigenvalue weighted by Crippen LogP contribution is -2.66. The quantitative estimate of drug-likeness (QED) is 0.183. The van der Waals surface area contributed by atoms with Gasteiger partial charge in [0.2, 0.25) is 0 Å². The van der Waals surface area contributed by atoms with E-state index in [1.165, 1.54) is 6.92 Å². The molecule has 0 spiro atoms. The average Bonchev–Trinajstić information content (AvgIpc) is 2.83. The van der Waals surface area contributed by atoms with E-state index >= 15 is 0 Å². The van der Waals surface area contributed by atoms with Crippen molar-refractivity contribution in [2.45, 2.75) is 115 Å². The van der Waals surface area contributed by atoms with E-state index in [0.717, 1.165) is 34.6 Å². The molecule has 0 aromatic carbocycles. The van der Waals surface area contributed by atoms with Crippen LogP contribution in [-0.4, -0.2) is 103 Å². The molecule has 2 saturated heterocycles. The first kappa shape index (κ1) is 34.4. The molecule has 0 bridgehead atoms. The molecule has 2 heterocycles. The molecular weight excluding hydrogens is 620 g/mol. The van der Waals surface area contributed by atoms with Crippen LogP contribution in [0.1, 0.15) is 54.9 Å². The average molecular weight is 655 g/mol. The summed E-state index contributed by atoms with van der Waals surface area (Å²) in [5, 5.41) is -1.03. The topological polar surface area (TPSA) is 185 Å². The molecule has 0 saturated carbocycles. The number of hydrogen-bond donors (Lipinski definition) is 0. The highest BCUT2D eigenvalue weighted by molar-refractivity contribution is 9.09. The predicted octanol–water partition coefficient (Wildman–Crippen LogP) is 0.848. The number of esters is 6. The van der Waals surface area contributed by atoms with E-state index < -0.39 is 103 Å². The second-order valence-corrected chi connectivity index (χ2v) is 10.2. The van der Waals surface area contributed by atoms with Crippen LogP contribution in [0.5, 0.6) is 0 Å². The van der Waals surface area contributed by atoms with Crippen LogP contribution < -0.4 is 0 Å². The SMILES string of the molecule is CCC1O[C@H](O[C@@H]2C(COC(C)=O)O[C@H](Br)C(OC(C)=O)[C@H]2OC(C)=O)C(OC(C)=O)[C@@H](OC(C)=O)[C@@H]1OC(C)=O. The van der Waals surface area contributed by atoms with E-state index in [1.54, 1.807) is 6.92 Å². The van der Waals surface area contributed by atoms with E-state index in [2.05, 4.69) is 15.9 Å². The Bertz CT molecular complexity index is 986. The zero-order chi connectivity index (χ0) is 31.0. The predicted molar refractivity (Wildman–Crippen MR) is 136 cm³/mol. The first-order valence-corrected chi connectivity index (χ1v) is 13.7. The lowest BCUT2D eigenvalue weighted by Gasteiger charge is -2.48. The van der Waals surface area contributed by atoms with Gasteiger partial charge in [0.25, 0.3) is 0 Å². The Morgan fingerprint density at radius 3 is 1.46 bits per heavy atom. The molecule has 0 amide bonds. The Morgan fingerprint density at radius 1 is 0.561 bits per heavy atom. The molecule has 2 aliphatic heterocycles. The van der Waals surface area contributed by atoms with Gasteiger partial charge in [-0.25, -0.2) is 0 Å². The van der Waals surface area contributed by atoms with Crippen molar-refractivity contribution in [3.8, 4) is 0 Å². The monoisotopic (exact) mass is 654 g/mol. The minimum atomic E-state index is -1.53. The Morgan fingerprint density at radius 2 is 1.00 bits per heavy atom. The number of alkyl halides is 1. The summed E-state index contributed by atoms with van der Waals surface area (Å²) >= 11 is 3.25. The molecule has 0 radical (unpaired) electrons. The number of carbonyl (C=O) groups is 6. The number of rotatable bonds is 10. The smallest absolute Gasteiger partial charge is 0.303 e. The molecule has 41 heavy (non-hydrogen) atoms.